The van der Waals surface area contributed by atoms with Crippen LogP contribution in [0.25, 0.3) is 0 Å². The molecular weight excluding hydrogens is 292 g/mol. The predicted molar refractivity (Wildman–Crippen MR) is 79.8 cm³/mol. The molecule has 21 heavy (non-hydrogen) atoms. The molecular formula is C14H22N2O4S. The van der Waals surface area contributed by atoms with Gasteiger partial charge in [-0.3, -0.25) is 0 Å². The van der Waals surface area contributed by atoms with Gasteiger partial charge in [0.05, 0.1) is 13.2 Å². The molecule has 2 rings (SSSR count). The molecule has 0 aliphatic carbocycles. The average Bonchev–Trinajstić information content (AvgIpc) is 2.53. The van der Waals surface area contributed by atoms with Crippen LogP contribution >= 0.6 is 0 Å². The van der Waals surface area contributed by atoms with E-state index in [1.807, 2.05) is 0 Å². The molecule has 1 aromatic carbocycles. The van der Waals surface area contributed by atoms with Gasteiger partial charge < -0.3 is 15.2 Å². The van der Waals surface area contributed by atoms with Crippen LogP contribution in [-0.2, 0) is 14.8 Å². The van der Waals surface area contributed by atoms with Crippen molar-refractivity contribution in [3.8, 4) is 5.75 Å². The van der Waals surface area contributed by atoms with Crippen molar-refractivity contribution in [1.82, 2.24) is 4.31 Å². The molecule has 0 amide bonds. The first-order valence-corrected chi connectivity index (χ1v) is 8.36. The maximum absolute atomic E-state index is 12.9. The summed E-state index contributed by atoms with van der Waals surface area (Å²) in [5.41, 5.74) is 5.76. The van der Waals surface area contributed by atoms with Gasteiger partial charge >= 0.3 is 0 Å². The SMILES string of the molecule is COc1ccccc1S(=O)(=O)N1CCC(OC)CC1CN. The second kappa shape index (κ2) is 6.74. The van der Waals surface area contributed by atoms with E-state index in [1.165, 1.54) is 11.4 Å². The Hall–Kier alpha value is -1.15. The number of hydrogen-bond donors (Lipinski definition) is 1. The zero-order valence-electron chi connectivity index (χ0n) is 12.4. The van der Waals surface area contributed by atoms with Crippen molar-refractivity contribution < 1.29 is 17.9 Å². The molecule has 1 fully saturated rings. The molecule has 0 saturated carbocycles. The lowest BCUT2D eigenvalue weighted by atomic mass is 10.0. The normalized spacial score (nSPS) is 24.0. The first-order chi connectivity index (χ1) is 10.0. The molecule has 1 saturated heterocycles. The van der Waals surface area contributed by atoms with Crippen LogP contribution in [0.3, 0.4) is 0 Å². The van der Waals surface area contributed by atoms with Gasteiger partial charge in [0, 0.05) is 26.2 Å². The van der Waals surface area contributed by atoms with Crippen molar-refractivity contribution in [3.05, 3.63) is 24.3 Å². The number of sulfonamides is 1. The van der Waals surface area contributed by atoms with Crippen LogP contribution in [0.4, 0.5) is 0 Å². The first-order valence-electron chi connectivity index (χ1n) is 6.92. The van der Waals surface area contributed by atoms with E-state index in [1.54, 1.807) is 31.4 Å². The summed E-state index contributed by atoms with van der Waals surface area (Å²) in [6.45, 7) is 0.676. The summed E-state index contributed by atoms with van der Waals surface area (Å²) in [7, 11) is -0.519. The fourth-order valence-electron chi connectivity index (χ4n) is 2.70. The topological polar surface area (TPSA) is 81.9 Å². The van der Waals surface area contributed by atoms with Crippen molar-refractivity contribution in [2.45, 2.75) is 29.9 Å². The first kappa shape index (κ1) is 16.2. The van der Waals surface area contributed by atoms with Crippen molar-refractivity contribution in [3.63, 3.8) is 0 Å². The van der Waals surface area contributed by atoms with E-state index >= 15 is 0 Å². The largest absolute Gasteiger partial charge is 0.495 e. The smallest absolute Gasteiger partial charge is 0.247 e. The highest BCUT2D eigenvalue weighted by atomic mass is 32.2. The lowest BCUT2D eigenvalue weighted by molar-refractivity contribution is 0.0401. The lowest BCUT2D eigenvalue weighted by Crippen LogP contribution is -2.51. The summed E-state index contributed by atoms with van der Waals surface area (Å²) in [5, 5.41) is 0. The van der Waals surface area contributed by atoms with Crippen molar-refractivity contribution in [2.24, 2.45) is 5.73 Å². The van der Waals surface area contributed by atoms with Gasteiger partial charge in [0.2, 0.25) is 10.0 Å². The molecule has 2 atom stereocenters. The lowest BCUT2D eigenvalue weighted by Gasteiger charge is -2.37. The molecule has 1 heterocycles. The van der Waals surface area contributed by atoms with Gasteiger partial charge in [-0.15, -0.1) is 0 Å². The molecule has 0 spiro atoms. The van der Waals surface area contributed by atoms with Gasteiger partial charge in [0.15, 0.2) is 0 Å². The van der Waals surface area contributed by atoms with Gasteiger partial charge in [-0.05, 0) is 25.0 Å². The minimum Gasteiger partial charge on any atom is -0.495 e. The Morgan fingerprint density at radius 2 is 2.05 bits per heavy atom. The Morgan fingerprint density at radius 1 is 1.33 bits per heavy atom. The summed E-state index contributed by atoms with van der Waals surface area (Å²) in [5.74, 6) is 0.349. The summed E-state index contributed by atoms with van der Waals surface area (Å²) in [6.07, 6.45) is 1.34. The molecule has 1 aliphatic heterocycles. The number of benzene rings is 1. The number of nitrogens with zero attached hydrogens (tertiary/aromatic N) is 1. The molecule has 2 unspecified atom stereocenters. The molecule has 6 nitrogen and oxygen atoms in total. The van der Waals surface area contributed by atoms with E-state index in [9.17, 15) is 8.42 Å². The van der Waals surface area contributed by atoms with Crippen LogP contribution in [-0.4, -0.2) is 52.2 Å². The highest BCUT2D eigenvalue weighted by Gasteiger charge is 2.37. The number of hydrogen-bond acceptors (Lipinski definition) is 5. The van der Waals surface area contributed by atoms with Gasteiger partial charge in [-0.25, -0.2) is 8.42 Å². The number of methoxy groups -OCH3 is 2. The fourth-order valence-corrected chi connectivity index (χ4v) is 4.51. The summed E-state index contributed by atoms with van der Waals surface area (Å²) < 4.78 is 37.7. The highest BCUT2D eigenvalue weighted by molar-refractivity contribution is 7.89. The minimum atomic E-state index is -3.62. The number of para-hydroxylation sites is 1. The Bertz CT molecular complexity index is 576. The molecule has 0 aromatic heterocycles. The van der Waals surface area contributed by atoms with Crippen LogP contribution in [0.5, 0.6) is 5.75 Å². The van der Waals surface area contributed by atoms with E-state index < -0.39 is 10.0 Å². The minimum absolute atomic E-state index is 0.0580. The van der Waals surface area contributed by atoms with Gasteiger partial charge in [0.1, 0.15) is 10.6 Å². The number of ether oxygens (including phenoxy) is 2. The van der Waals surface area contributed by atoms with Crippen LogP contribution in [0.2, 0.25) is 0 Å². The zero-order chi connectivity index (χ0) is 15.5. The number of rotatable bonds is 5. The standard InChI is InChI=1S/C14H22N2O4S/c1-19-12-7-8-16(11(9-12)10-15)21(17,18)14-6-4-3-5-13(14)20-2/h3-6,11-12H,7-10,15H2,1-2H3. The van der Waals surface area contributed by atoms with Crippen LogP contribution in [0.15, 0.2) is 29.2 Å². The van der Waals surface area contributed by atoms with Crippen molar-refractivity contribution in [1.29, 1.82) is 0 Å². The average molecular weight is 314 g/mol. The van der Waals surface area contributed by atoms with Crippen LogP contribution in [0, 0.1) is 0 Å². The third-order valence-corrected chi connectivity index (χ3v) is 5.87. The third kappa shape index (κ3) is 3.21. The van der Waals surface area contributed by atoms with Crippen molar-refractivity contribution in [2.75, 3.05) is 27.3 Å². The molecule has 0 radical (unpaired) electrons. The quantitative estimate of drug-likeness (QED) is 0.870. The summed E-state index contributed by atoms with van der Waals surface area (Å²) in [4.78, 5) is 0.182. The van der Waals surface area contributed by atoms with E-state index in [4.69, 9.17) is 15.2 Å². The Balaban J connectivity index is 2.34. The Kier molecular flexibility index (Phi) is 5.21. The highest BCUT2D eigenvalue weighted by Crippen LogP contribution is 2.31. The molecule has 0 bridgehead atoms. The fraction of sp³-hybridized carbons (Fsp3) is 0.571. The van der Waals surface area contributed by atoms with E-state index in [-0.39, 0.29) is 23.6 Å². The number of piperidine rings is 1. The Morgan fingerprint density at radius 3 is 2.67 bits per heavy atom. The van der Waals surface area contributed by atoms with Crippen LogP contribution < -0.4 is 10.5 Å². The molecule has 118 valence electrons. The molecule has 2 N–H and O–H groups in total. The second-order valence-electron chi connectivity index (χ2n) is 5.04. The molecule has 7 heteroatoms. The number of nitrogens with two attached hydrogens (primary N) is 1. The second-order valence-corrected chi connectivity index (χ2v) is 6.90. The van der Waals surface area contributed by atoms with Crippen LogP contribution in [0.1, 0.15) is 12.8 Å². The van der Waals surface area contributed by atoms with Crippen molar-refractivity contribution >= 4 is 10.0 Å². The Labute approximate surface area is 125 Å². The summed E-state index contributed by atoms with van der Waals surface area (Å²) in [6, 6.07) is 6.39. The van der Waals surface area contributed by atoms with E-state index in [2.05, 4.69) is 0 Å². The summed E-state index contributed by atoms with van der Waals surface area (Å²) >= 11 is 0. The van der Waals surface area contributed by atoms with Gasteiger partial charge in [0.25, 0.3) is 0 Å². The van der Waals surface area contributed by atoms with E-state index in [0.717, 1.165) is 0 Å². The molecule has 1 aliphatic rings. The van der Waals surface area contributed by atoms with Gasteiger partial charge in [-0.2, -0.15) is 4.31 Å². The van der Waals surface area contributed by atoms with Gasteiger partial charge in [-0.1, -0.05) is 12.1 Å². The maximum Gasteiger partial charge on any atom is 0.247 e. The monoisotopic (exact) mass is 314 g/mol. The predicted octanol–water partition coefficient (Wildman–Crippen LogP) is 0.822. The van der Waals surface area contributed by atoms with E-state index in [0.29, 0.717) is 25.1 Å². The molecule has 1 aromatic rings. The zero-order valence-corrected chi connectivity index (χ0v) is 13.2. The maximum atomic E-state index is 12.9. The third-order valence-electron chi connectivity index (χ3n) is 3.87.